The van der Waals surface area contributed by atoms with Gasteiger partial charge < -0.3 is 10.2 Å². The highest BCUT2D eigenvalue weighted by Gasteiger charge is 2.41. The van der Waals surface area contributed by atoms with Gasteiger partial charge in [0.25, 0.3) is 0 Å². The average molecular weight is 323 g/mol. The molecule has 8 heteroatoms. The molecule has 1 aliphatic rings. The highest BCUT2D eigenvalue weighted by Crippen LogP contribution is 2.36. The zero-order valence-corrected chi connectivity index (χ0v) is 12.5. The van der Waals surface area contributed by atoms with Crippen molar-refractivity contribution in [3.63, 3.8) is 0 Å². The number of alkyl halides is 3. The summed E-state index contributed by atoms with van der Waals surface area (Å²) in [5, 5.41) is 3.41. The fraction of sp³-hybridized carbons (Fsp3) is 0.692. The van der Waals surface area contributed by atoms with Crippen LogP contribution in [0.5, 0.6) is 0 Å². The predicted octanol–water partition coefficient (Wildman–Crippen LogP) is 3.73. The van der Waals surface area contributed by atoms with Crippen molar-refractivity contribution in [3.8, 4) is 0 Å². The number of aromatic nitrogens is 2. The molecule has 2 rings (SSSR count). The van der Waals surface area contributed by atoms with Crippen molar-refractivity contribution in [3.05, 3.63) is 11.2 Å². The summed E-state index contributed by atoms with van der Waals surface area (Å²) < 4.78 is 38.0. The molecular weight excluding hydrogens is 305 g/mol. The second kappa shape index (κ2) is 6.68. The molecule has 0 atom stereocenters. The molecular formula is C13H18ClF3N4. The van der Waals surface area contributed by atoms with Crippen molar-refractivity contribution in [2.24, 2.45) is 5.92 Å². The minimum Gasteiger partial charge on any atom is -0.355 e. The van der Waals surface area contributed by atoms with Crippen molar-refractivity contribution in [2.75, 3.05) is 29.9 Å². The summed E-state index contributed by atoms with van der Waals surface area (Å²) in [5.74, 6) is -0.271. The summed E-state index contributed by atoms with van der Waals surface area (Å²) in [6.07, 6.45) is -1.56. The summed E-state index contributed by atoms with van der Waals surface area (Å²) in [4.78, 5) is 10.2. The van der Waals surface area contributed by atoms with Crippen LogP contribution in [-0.2, 0) is 0 Å². The van der Waals surface area contributed by atoms with Gasteiger partial charge in [-0.1, -0.05) is 18.5 Å². The smallest absolute Gasteiger partial charge is 0.355 e. The quantitative estimate of drug-likeness (QED) is 0.917. The number of rotatable bonds is 4. The molecule has 0 aromatic carbocycles. The maximum absolute atomic E-state index is 12.7. The van der Waals surface area contributed by atoms with E-state index < -0.39 is 12.1 Å². The van der Waals surface area contributed by atoms with Crippen molar-refractivity contribution in [1.82, 2.24) is 9.97 Å². The Kier molecular flexibility index (Phi) is 5.13. The zero-order chi connectivity index (χ0) is 15.5. The topological polar surface area (TPSA) is 41.1 Å². The minimum atomic E-state index is -4.12. The molecule has 1 fully saturated rings. The molecule has 1 aromatic rings. The van der Waals surface area contributed by atoms with E-state index >= 15 is 0 Å². The molecule has 0 radical (unpaired) electrons. The number of anilines is 2. The van der Waals surface area contributed by atoms with Gasteiger partial charge in [0.2, 0.25) is 5.95 Å². The number of hydrogen-bond acceptors (Lipinski definition) is 4. The van der Waals surface area contributed by atoms with Gasteiger partial charge in [0.1, 0.15) is 5.02 Å². The fourth-order valence-electron chi connectivity index (χ4n) is 2.32. The van der Waals surface area contributed by atoms with E-state index in [0.29, 0.717) is 29.9 Å². The van der Waals surface area contributed by atoms with E-state index in [0.717, 1.165) is 13.0 Å². The number of hydrogen-bond donors (Lipinski definition) is 1. The fourth-order valence-corrected chi connectivity index (χ4v) is 2.53. The molecule has 1 aromatic heterocycles. The van der Waals surface area contributed by atoms with Crippen molar-refractivity contribution >= 4 is 23.4 Å². The first-order valence-corrected chi connectivity index (χ1v) is 7.37. The van der Waals surface area contributed by atoms with Crippen LogP contribution in [0.2, 0.25) is 5.02 Å². The van der Waals surface area contributed by atoms with Crippen LogP contribution in [0.3, 0.4) is 0 Å². The molecule has 1 aliphatic heterocycles. The maximum Gasteiger partial charge on any atom is 0.391 e. The van der Waals surface area contributed by atoms with Gasteiger partial charge in [-0.2, -0.15) is 18.2 Å². The lowest BCUT2D eigenvalue weighted by molar-refractivity contribution is -0.179. The lowest BCUT2D eigenvalue weighted by atomic mass is 9.96. The first-order valence-electron chi connectivity index (χ1n) is 7.00. The molecule has 1 N–H and O–H groups in total. The van der Waals surface area contributed by atoms with E-state index in [1.165, 1.54) is 6.20 Å². The average Bonchev–Trinajstić information content (AvgIpc) is 2.46. The number of piperidine rings is 1. The van der Waals surface area contributed by atoms with Crippen LogP contribution in [0, 0.1) is 5.92 Å². The molecule has 21 heavy (non-hydrogen) atoms. The molecule has 0 aliphatic carbocycles. The Morgan fingerprint density at radius 2 is 2.05 bits per heavy atom. The van der Waals surface area contributed by atoms with Gasteiger partial charge in [-0.3, -0.25) is 0 Å². The minimum absolute atomic E-state index is 0.0710. The molecule has 0 saturated carbocycles. The zero-order valence-electron chi connectivity index (χ0n) is 11.8. The highest BCUT2D eigenvalue weighted by molar-refractivity contribution is 6.32. The van der Waals surface area contributed by atoms with Gasteiger partial charge in [-0.15, -0.1) is 0 Å². The summed E-state index contributed by atoms with van der Waals surface area (Å²) in [6.45, 7) is 3.35. The van der Waals surface area contributed by atoms with Gasteiger partial charge in [0.05, 0.1) is 12.1 Å². The van der Waals surface area contributed by atoms with Gasteiger partial charge >= 0.3 is 6.18 Å². The lowest BCUT2D eigenvalue weighted by Gasteiger charge is -2.34. The van der Waals surface area contributed by atoms with Crippen molar-refractivity contribution < 1.29 is 13.2 Å². The van der Waals surface area contributed by atoms with Crippen LogP contribution in [0.15, 0.2) is 6.20 Å². The van der Waals surface area contributed by atoms with Crippen molar-refractivity contribution in [2.45, 2.75) is 32.4 Å². The summed E-state index contributed by atoms with van der Waals surface area (Å²) in [5.41, 5.74) is 0. The van der Waals surface area contributed by atoms with E-state index in [2.05, 4.69) is 15.3 Å². The monoisotopic (exact) mass is 322 g/mol. The number of halogens is 4. The second-order valence-corrected chi connectivity index (χ2v) is 5.50. The van der Waals surface area contributed by atoms with Crippen LogP contribution < -0.4 is 10.2 Å². The Labute approximate surface area is 126 Å². The van der Waals surface area contributed by atoms with Gasteiger partial charge in [-0.05, 0) is 19.3 Å². The van der Waals surface area contributed by atoms with Crippen LogP contribution in [0.25, 0.3) is 0 Å². The Morgan fingerprint density at radius 3 is 2.62 bits per heavy atom. The predicted molar refractivity (Wildman–Crippen MR) is 76.8 cm³/mol. The third kappa shape index (κ3) is 4.12. The van der Waals surface area contributed by atoms with Gasteiger partial charge in [-0.25, -0.2) is 4.98 Å². The first-order chi connectivity index (χ1) is 9.91. The molecule has 0 amide bonds. The number of nitrogens with one attached hydrogen (secondary N) is 1. The molecule has 0 spiro atoms. The van der Waals surface area contributed by atoms with Crippen molar-refractivity contribution in [1.29, 1.82) is 0 Å². The summed E-state index contributed by atoms with van der Waals surface area (Å²) in [7, 11) is 0. The van der Waals surface area contributed by atoms with Crippen LogP contribution in [-0.4, -0.2) is 35.8 Å². The molecule has 0 bridgehead atoms. The van der Waals surface area contributed by atoms with E-state index in [1.807, 2.05) is 6.92 Å². The normalized spacial score (nSPS) is 17.1. The second-order valence-electron chi connectivity index (χ2n) is 5.09. The van der Waals surface area contributed by atoms with Crippen LogP contribution in [0.4, 0.5) is 24.9 Å². The Morgan fingerprint density at radius 1 is 1.38 bits per heavy atom. The molecule has 4 nitrogen and oxygen atoms in total. The third-order valence-electron chi connectivity index (χ3n) is 3.52. The Bertz CT molecular complexity index is 473. The molecule has 2 heterocycles. The van der Waals surface area contributed by atoms with Crippen LogP contribution >= 0.6 is 11.6 Å². The largest absolute Gasteiger partial charge is 0.391 e. The molecule has 118 valence electrons. The van der Waals surface area contributed by atoms with E-state index in [1.54, 1.807) is 4.90 Å². The highest BCUT2D eigenvalue weighted by atomic mass is 35.5. The van der Waals surface area contributed by atoms with Gasteiger partial charge in [0.15, 0.2) is 5.82 Å². The number of nitrogens with zero attached hydrogens (tertiary/aromatic N) is 3. The summed E-state index contributed by atoms with van der Waals surface area (Å²) >= 11 is 6.07. The standard InChI is InChI=1S/C13H18ClF3N4/c1-2-5-18-12-19-8-10(14)11(20-12)21-6-3-9(4-7-21)13(15,16)17/h8-9H,2-7H2,1H3,(H,18,19,20). The summed E-state index contributed by atoms with van der Waals surface area (Å²) in [6, 6.07) is 0. The SMILES string of the molecule is CCCNc1ncc(Cl)c(N2CCC(C(F)(F)F)CC2)n1. The van der Waals surface area contributed by atoms with Crippen LogP contribution in [0.1, 0.15) is 26.2 Å². The molecule has 1 saturated heterocycles. The third-order valence-corrected chi connectivity index (χ3v) is 3.78. The van der Waals surface area contributed by atoms with E-state index in [4.69, 9.17) is 11.6 Å². The lowest BCUT2D eigenvalue weighted by Crippen LogP contribution is -2.39. The van der Waals surface area contributed by atoms with Gasteiger partial charge in [0, 0.05) is 19.6 Å². The van der Waals surface area contributed by atoms with E-state index in [9.17, 15) is 13.2 Å². The Hall–Kier alpha value is -1.24. The molecule has 0 unspecified atom stereocenters. The van der Waals surface area contributed by atoms with E-state index in [-0.39, 0.29) is 12.8 Å². The Balaban J connectivity index is 2.05. The maximum atomic E-state index is 12.7. The first kappa shape index (κ1) is 16.1.